The van der Waals surface area contributed by atoms with E-state index < -0.39 is 11.8 Å². The molecule has 0 spiro atoms. The number of aromatic carboxylic acids is 1. The van der Waals surface area contributed by atoms with E-state index in [1.807, 2.05) is 0 Å². The average molecular weight is 247 g/mol. The van der Waals surface area contributed by atoms with Crippen LogP contribution in [0.5, 0.6) is 0 Å². The van der Waals surface area contributed by atoms with Gasteiger partial charge in [-0.3, -0.25) is 4.40 Å². The molecule has 0 bridgehead atoms. The van der Waals surface area contributed by atoms with Gasteiger partial charge >= 0.3 is 5.97 Å². The lowest BCUT2D eigenvalue weighted by Gasteiger charge is -1.97. The molecule has 0 saturated heterocycles. The van der Waals surface area contributed by atoms with E-state index in [0.717, 1.165) is 0 Å². The van der Waals surface area contributed by atoms with Crippen LogP contribution in [0.25, 0.3) is 16.8 Å². The quantitative estimate of drug-likeness (QED) is 0.715. The molecule has 0 fully saturated rings. The van der Waals surface area contributed by atoms with E-state index in [0.29, 0.717) is 17.0 Å². The predicted octanol–water partition coefficient (Wildman–Crippen LogP) is 1.97. The van der Waals surface area contributed by atoms with Crippen LogP contribution in [0.2, 0.25) is 0 Å². The highest BCUT2D eigenvalue weighted by Crippen LogP contribution is 2.24. The van der Waals surface area contributed by atoms with Crippen molar-refractivity contribution >= 4 is 22.8 Å². The first-order chi connectivity index (χ1) is 8.52. The Morgan fingerprint density at radius 1 is 1.44 bits per heavy atom. The van der Waals surface area contributed by atoms with Gasteiger partial charge in [-0.1, -0.05) is 6.07 Å². The van der Waals surface area contributed by atoms with Crippen molar-refractivity contribution in [3.63, 3.8) is 0 Å². The number of hydrogen-bond donors (Lipinski definition) is 1. The number of carboxylic acids is 1. The zero-order valence-electron chi connectivity index (χ0n) is 9.81. The lowest BCUT2D eigenvalue weighted by molar-refractivity contribution is 0.0688. The molecule has 0 aliphatic heterocycles. The van der Waals surface area contributed by atoms with Crippen molar-refractivity contribution in [3.05, 3.63) is 35.4 Å². The Kier molecular flexibility index (Phi) is 1.98. The maximum atomic E-state index is 13.6. The molecular weight excluding hydrogens is 237 g/mol. The van der Waals surface area contributed by atoms with E-state index in [1.165, 1.54) is 10.5 Å². The van der Waals surface area contributed by atoms with E-state index in [-0.39, 0.29) is 11.2 Å². The number of imidazole rings is 2. The number of rotatable bonds is 1. The minimum atomic E-state index is -1.05. The fourth-order valence-corrected chi connectivity index (χ4v) is 2.22. The highest BCUT2D eigenvalue weighted by Gasteiger charge is 2.22. The van der Waals surface area contributed by atoms with Crippen molar-refractivity contribution in [2.24, 2.45) is 7.05 Å². The van der Waals surface area contributed by atoms with Gasteiger partial charge in [0.25, 0.3) is 0 Å². The highest BCUT2D eigenvalue weighted by atomic mass is 19.1. The monoisotopic (exact) mass is 247 g/mol. The third-order valence-electron chi connectivity index (χ3n) is 3.19. The molecule has 5 nitrogen and oxygen atoms in total. The maximum Gasteiger partial charge on any atom is 0.354 e. The molecule has 6 heteroatoms. The van der Waals surface area contributed by atoms with E-state index >= 15 is 0 Å². The molecule has 92 valence electrons. The Labute approximate surface area is 101 Å². The van der Waals surface area contributed by atoms with Crippen molar-refractivity contribution in [2.45, 2.75) is 6.92 Å². The maximum absolute atomic E-state index is 13.6. The predicted molar refractivity (Wildman–Crippen MR) is 63.3 cm³/mol. The van der Waals surface area contributed by atoms with E-state index in [2.05, 4.69) is 4.98 Å². The Morgan fingerprint density at radius 2 is 2.17 bits per heavy atom. The lowest BCUT2D eigenvalue weighted by atomic mass is 10.3. The SMILES string of the molecule is Cc1c(C(=O)O)n2c3cccc(F)c3nc2n1C. The summed E-state index contributed by atoms with van der Waals surface area (Å²) >= 11 is 0. The lowest BCUT2D eigenvalue weighted by Crippen LogP contribution is -2.03. The number of aryl methyl sites for hydroxylation is 1. The highest BCUT2D eigenvalue weighted by molar-refractivity contribution is 5.92. The molecule has 0 amide bonds. The molecule has 3 rings (SSSR count). The molecule has 18 heavy (non-hydrogen) atoms. The summed E-state index contributed by atoms with van der Waals surface area (Å²) in [5.41, 5.74) is 1.34. The van der Waals surface area contributed by atoms with Gasteiger partial charge in [0.2, 0.25) is 5.78 Å². The molecular formula is C12H10FN3O2. The topological polar surface area (TPSA) is 59.5 Å². The number of halogens is 1. The molecule has 2 heterocycles. The Morgan fingerprint density at radius 3 is 2.83 bits per heavy atom. The molecule has 2 aromatic heterocycles. The van der Waals surface area contributed by atoms with Crippen molar-refractivity contribution in [3.8, 4) is 0 Å². The van der Waals surface area contributed by atoms with Gasteiger partial charge < -0.3 is 9.67 Å². The van der Waals surface area contributed by atoms with Crippen LogP contribution in [0.3, 0.4) is 0 Å². The zero-order chi connectivity index (χ0) is 13.0. The summed E-state index contributed by atoms with van der Waals surface area (Å²) in [5.74, 6) is -1.09. The van der Waals surface area contributed by atoms with Gasteiger partial charge in [-0.2, -0.15) is 0 Å². The van der Waals surface area contributed by atoms with Gasteiger partial charge in [-0.15, -0.1) is 0 Å². The number of benzene rings is 1. The first kappa shape index (κ1) is 10.8. The number of fused-ring (bicyclic) bond motifs is 3. The molecule has 3 aromatic rings. The fourth-order valence-electron chi connectivity index (χ4n) is 2.22. The van der Waals surface area contributed by atoms with E-state index in [4.69, 9.17) is 0 Å². The smallest absolute Gasteiger partial charge is 0.354 e. The Balaban J connectivity index is 2.62. The summed E-state index contributed by atoms with van der Waals surface area (Å²) in [5, 5.41) is 9.27. The first-order valence-electron chi connectivity index (χ1n) is 5.37. The molecule has 0 aliphatic carbocycles. The van der Waals surface area contributed by atoms with Crippen LogP contribution in [-0.2, 0) is 7.05 Å². The van der Waals surface area contributed by atoms with Crippen LogP contribution < -0.4 is 0 Å². The van der Waals surface area contributed by atoms with Crippen molar-refractivity contribution in [2.75, 3.05) is 0 Å². The molecule has 1 aromatic carbocycles. The number of carboxylic acid groups (broad SMARTS) is 1. The van der Waals surface area contributed by atoms with Crippen LogP contribution in [0.1, 0.15) is 16.2 Å². The van der Waals surface area contributed by atoms with Crippen LogP contribution in [0, 0.1) is 12.7 Å². The van der Waals surface area contributed by atoms with E-state index in [9.17, 15) is 14.3 Å². The molecule has 0 atom stereocenters. The number of hydrogen-bond acceptors (Lipinski definition) is 2. The van der Waals surface area contributed by atoms with Gasteiger partial charge in [-0.05, 0) is 19.1 Å². The first-order valence-corrected chi connectivity index (χ1v) is 5.37. The molecule has 0 radical (unpaired) electrons. The number of nitrogens with zero attached hydrogens (tertiary/aromatic N) is 3. The second kappa shape index (κ2) is 3.32. The normalized spacial score (nSPS) is 11.5. The van der Waals surface area contributed by atoms with Crippen LogP contribution >= 0.6 is 0 Å². The number of carbonyl (C=O) groups is 1. The minimum absolute atomic E-state index is 0.112. The summed E-state index contributed by atoms with van der Waals surface area (Å²) in [6, 6.07) is 4.51. The van der Waals surface area contributed by atoms with Crippen molar-refractivity contribution < 1.29 is 14.3 Å². The van der Waals surface area contributed by atoms with E-state index in [1.54, 1.807) is 30.7 Å². The standard InChI is InChI=1S/C12H10FN3O2/c1-6-10(11(17)18)16-8-5-3-4-7(13)9(8)14-12(16)15(6)2/h3-5H,1-2H3,(H,17,18). The molecule has 0 saturated carbocycles. The van der Waals surface area contributed by atoms with Crippen LogP contribution in [0.15, 0.2) is 18.2 Å². The van der Waals surface area contributed by atoms with Crippen LogP contribution in [-0.4, -0.2) is 25.0 Å². The average Bonchev–Trinajstić information content (AvgIpc) is 2.79. The third-order valence-corrected chi connectivity index (χ3v) is 3.19. The number of aromatic nitrogens is 3. The van der Waals surface area contributed by atoms with Gasteiger partial charge in [0.1, 0.15) is 5.52 Å². The van der Waals surface area contributed by atoms with Gasteiger partial charge in [0.15, 0.2) is 11.5 Å². The fraction of sp³-hybridized carbons (Fsp3) is 0.167. The Hall–Kier alpha value is -2.37. The third kappa shape index (κ3) is 1.14. The summed E-state index contributed by atoms with van der Waals surface area (Å²) in [6.07, 6.45) is 0. The van der Waals surface area contributed by atoms with Gasteiger partial charge in [0.05, 0.1) is 5.52 Å². The largest absolute Gasteiger partial charge is 0.477 e. The van der Waals surface area contributed by atoms with Gasteiger partial charge in [0, 0.05) is 12.7 Å². The Bertz CT molecular complexity index is 801. The molecule has 1 N–H and O–H groups in total. The second-order valence-corrected chi connectivity index (χ2v) is 4.15. The zero-order valence-corrected chi connectivity index (χ0v) is 9.81. The molecule has 0 aliphatic rings. The summed E-state index contributed by atoms with van der Waals surface area (Å²) in [4.78, 5) is 15.5. The second-order valence-electron chi connectivity index (χ2n) is 4.15. The van der Waals surface area contributed by atoms with Gasteiger partial charge in [-0.25, -0.2) is 14.2 Å². The van der Waals surface area contributed by atoms with Crippen molar-refractivity contribution in [1.82, 2.24) is 14.0 Å². The summed E-state index contributed by atoms with van der Waals surface area (Å²) in [7, 11) is 1.71. The summed E-state index contributed by atoms with van der Waals surface area (Å²) < 4.78 is 16.7. The number of para-hydroxylation sites is 1. The summed E-state index contributed by atoms with van der Waals surface area (Å²) in [6.45, 7) is 1.70. The van der Waals surface area contributed by atoms with Crippen LogP contribution in [0.4, 0.5) is 4.39 Å². The minimum Gasteiger partial charge on any atom is -0.477 e. The van der Waals surface area contributed by atoms with Crippen molar-refractivity contribution in [1.29, 1.82) is 0 Å². The molecule has 0 unspecified atom stereocenters.